The van der Waals surface area contributed by atoms with Crippen molar-refractivity contribution in [2.24, 2.45) is 0 Å². The Hall–Kier alpha value is -1.89. The number of imide groups is 1. The topological polar surface area (TPSA) is 69.7 Å². The van der Waals surface area contributed by atoms with Crippen LogP contribution in [0.4, 0.5) is 4.79 Å². The third-order valence-electron chi connectivity index (χ3n) is 4.93. The molecule has 0 aliphatic carbocycles. The van der Waals surface area contributed by atoms with Gasteiger partial charge in [0.2, 0.25) is 5.91 Å². The Kier molecular flexibility index (Phi) is 5.13. The molecule has 1 aromatic carbocycles. The third kappa shape index (κ3) is 3.56. The second-order valence-corrected chi connectivity index (χ2v) is 7.67. The van der Waals surface area contributed by atoms with Crippen LogP contribution >= 0.6 is 15.9 Å². The number of benzene rings is 1. The number of urea groups is 1. The number of hydrogen-bond acceptors (Lipinski definition) is 3. The van der Waals surface area contributed by atoms with Crippen LogP contribution in [0.2, 0.25) is 0 Å². The van der Waals surface area contributed by atoms with Crippen molar-refractivity contribution < 1.29 is 14.4 Å². The van der Waals surface area contributed by atoms with Gasteiger partial charge < -0.3 is 10.2 Å². The van der Waals surface area contributed by atoms with E-state index in [0.717, 1.165) is 35.1 Å². The van der Waals surface area contributed by atoms with Crippen LogP contribution in [0.1, 0.15) is 38.2 Å². The van der Waals surface area contributed by atoms with Crippen molar-refractivity contribution in [3.8, 4) is 0 Å². The summed E-state index contributed by atoms with van der Waals surface area (Å²) < 4.78 is 0.826. The quantitative estimate of drug-likeness (QED) is 0.782. The van der Waals surface area contributed by atoms with Gasteiger partial charge in [0.25, 0.3) is 5.91 Å². The number of carbonyl (C=O) groups is 3. The second kappa shape index (κ2) is 7.15. The zero-order valence-corrected chi connectivity index (χ0v) is 15.8. The van der Waals surface area contributed by atoms with Gasteiger partial charge in [-0.2, -0.15) is 0 Å². The zero-order chi connectivity index (χ0) is 18.0. The first-order chi connectivity index (χ1) is 11.9. The first kappa shape index (κ1) is 17.9. The Morgan fingerprint density at radius 2 is 1.88 bits per heavy atom. The zero-order valence-electron chi connectivity index (χ0n) is 14.3. The van der Waals surface area contributed by atoms with Gasteiger partial charge in [0.15, 0.2) is 0 Å². The number of rotatable bonds is 3. The Balaban J connectivity index is 1.76. The summed E-state index contributed by atoms with van der Waals surface area (Å²) in [4.78, 5) is 40.6. The molecule has 2 fully saturated rings. The minimum absolute atomic E-state index is 0.163. The van der Waals surface area contributed by atoms with E-state index in [1.807, 2.05) is 12.1 Å². The van der Waals surface area contributed by atoms with Gasteiger partial charge in [-0.05, 0) is 37.5 Å². The highest BCUT2D eigenvalue weighted by molar-refractivity contribution is 9.10. The van der Waals surface area contributed by atoms with Crippen LogP contribution in [0.5, 0.6) is 0 Å². The van der Waals surface area contributed by atoms with Crippen LogP contribution in [-0.2, 0) is 15.1 Å². The molecule has 1 aromatic rings. The molecule has 1 N–H and O–H groups in total. The van der Waals surface area contributed by atoms with Crippen molar-refractivity contribution in [2.75, 3.05) is 19.6 Å². The number of halogens is 1. The fourth-order valence-corrected chi connectivity index (χ4v) is 3.79. The van der Waals surface area contributed by atoms with Gasteiger partial charge in [0, 0.05) is 17.6 Å². The predicted octanol–water partition coefficient (Wildman–Crippen LogP) is 2.62. The van der Waals surface area contributed by atoms with Crippen molar-refractivity contribution >= 4 is 33.8 Å². The fraction of sp³-hybridized carbons (Fsp3) is 0.500. The van der Waals surface area contributed by atoms with E-state index in [0.29, 0.717) is 18.7 Å². The molecule has 0 radical (unpaired) electrons. The molecule has 6 nitrogen and oxygen atoms in total. The van der Waals surface area contributed by atoms with Gasteiger partial charge in [0.1, 0.15) is 12.1 Å². The molecule has 3 rings (SSSR count). The van der Waals surface area contributed by atoms with Gasteiger partial charge in [-0.25, -0.2) is 4.79 Å². The van der Waals surface area contributed by atoms with Gasteiger partial charge >= 0.3 is 6.03 Å². The molecular weight excluding hydrogens is 386 g/mol. The van der Waals surface area contributed by atoms with Gasteiger partial charge in [-0.15, -0.1) is 0 Å². The maximum Gasteiger partial charge on any atom is 0.325 e. The maximum atomic E-state index is 12.9. The lowest BCUT2D eigenvalue weighted by atomic mass is 9.92. The van der Waals surface area contributed by atoms with E-state index < -0.39 is 17.5 Å². The highest BCUT2D eigenvalue weighted by Crippen LogP contribution is 2.30. The molecule has 2 aliphatic rings. The van der Waals surface area contributed by atoms with Crippen LogP contribution in [-0.4, -0.2) is 47.3 Å². The average Bonchev–Trinajstić information content (AvgIpc) is 2.80. The number of carbonyl (C=O) groups excluding carboxylic acids is 3. The molecule has 25 heavy (non-hydrogen) atoms. The first-order valence-electron chi connectivity index (χ1n) is 8.60. The SMILES string of the molecule is C[C@]1(c2cccc(Br)c2)NC(=O)N(CC(=O)N2CCCCCC2)C1=O. The normalized spacial score (nSPS) is 24.2. The molecule has 134 valence electrons. The molecule has 1 atom stereocenters. The Morgan fingerprint density at radius 3 is 2.52 bits per heavy atom. The smallest absolute Gasteiger partial charge is 0.325 e. The van der Waals surface area contributed by atoms with E-state index in [-0.39, 0.29) is 12.5 Å². The average molecular weight is 408 g/mol. The van der Waals surface area contributed by atoms with Crippen LogP contribution in [0.25, 0.3) is 0 Å². The van der Waals surface area contributed by atoms with Crippen LogP contribution < -0.4 is 5.32 Å². The minimum Gasteiger partial charge on any atom is -0.341 e. The summed E-state index contributed by atoms with van der Waals surface area (Å²) in [7, 11) is 0. The fourth-order valence-electron chi connectivity index (χ4n) is 3.39. The molecule has 0 bridgehead atoms. The van der Waals surface area contributed by atoms with E-state index in [9.17, 15) is 14.4 Å². The summed E-state index contributed by atoms with van der Waals surface area (Å²) >= 11 is 3.38. The summed E-state index contributed by atoms with van der Waals surface area (Å²) in [6, 6.07) is 6.75. The van der Waals surface area contributed by atoms with E-state index in [1.165, 1.54) is 0 Å². The number of nitrogens with one attached hydrogen (secondary N) is 1. The number of amides is 4. The largest absolute Gasteiger partial charge is 0.341 e. The lowest BCUT2D eigenvalue weighted by Gasteiger charge is -2.24. The predicted molar refractivity (Wildman–Crippen MR) is 96.8 cm³/mol. The Bertz CT molecular complexity index is 701. The minimum atomic E-state index is -1.15. The molecule has 0 spiro atoms. The van der Waals surface area contributed by atoms with Gasteiger partial charge in [-0.1, -0.05) is 40.9 Å². The highest BCUT2D eigenvalue weighted by atomic mass is 79.9. The molecule has 2 saturated heterocycles. The summed E-state index contributed by atoms with van der Waals surface area (Å²) in [5.41, 5.74) is -0.468. The van der Waals surface area contributed by atoms with Gasteiger partial charge in [-0.3, -0.25) is 14.5 Å². The lowest BCUT2D eigenvalue weighted by Crippen LogP contribution is -2.44. The maximum absolute atomic E-state index is 12.9. The lowest BCUT2D eigenvalue weighted by molar-refractivity contribution is -0.138. The number of nitrogens with zero attached hydrogens (tertiary/aromatic N) is 2. The molecule has 0 aromatic heterocycles. The van der Waals surface area contributed by atoms with E-state index >= 15 is 0 Å². The molecule has 4 amide bonds. The molecule has 0 saturated carbocycles. The second-order valence-electron chi connectivity index (χ2n) is 6.75. The van der Waals surface area contributed by atoms with Crippen LogP contribution in [0.15, 0.2) is 28.7 Å². The highest BCUT2D eigenvalue weighted by Gasteiger charge is 2.49. The van der Waals surface area contributed by atoms with Crippen molar-refractivity contribution in [1.29, 1.82) is 0 Å². The van der Waals surface area contributed by atoms with Crippen molar-refractivity contribution in [1.82, 2.24) is 15.1 Å². The van der Waals surface area contributed by atoms with Crippen LogP contribution in [0.3, 0.4) is 0 Å². The molecule has 0 unspecified atom stereocenters. The summed E-state index contributed by atoms with van der Waals surface area (Å²) in [6.45, 7) is 2.87. The molecule has 7 heteroatoms. The Morgan fingerprint density at radius 1 is 1.20 bits per heavy atom. The Labute approximate surface area is 155 Å². The van der Waals surface area contributed by atoms with Crippen LogP contribution in [0, 0.1) is 0 Å². The van der Waals surface area contributed by atoms with E-state index in [2.05, 4.69) is 21.2 Å². The first-order valence-corrected chi connectivity index (χ1v) is 9.39. The van der Waals surface area contributed by atoms with Crippen molar-refractivity contribution in [3.05, 3.63) is 34.3 Å². The molecular formula is C18H22BrN3O3. The van der Waals surface area contributed by atoms with E-state index in [4.69, 9.17) is 0 Å². The van der Waals surface area contributed by atoms with Crippen molar-refractivity contribution in [3.63, 3.8) is 0 Å². The van der Waals surface area contributed by atoms with Crippen molar-refractivity contribution in [2.45, 2.75) is 38.1 Å². The van der Waals surface area contributed by atoms with Gasteiger partial charge in [0.05, 0.1) is 0 Å². The summed E-state index contributed by atoms with van der Waals surface area (Å²) in [5.74, 6) is -0.553. The third-order valence-corrected chi connectivity index (χ3v) is 5.42. The summed E-state index contributed by atoms with van der Waals surface area (Å²) in [6.07, 6.45) is 4.19. The standard InChI is InChI=1S/C18H22BrN3O3/c1-18(13-7-6-8-14(19)11-13)16(24)22(17(25)20-18)12-15(23)21-9-4-2-3-5-10-21/h6-8,11H,2-5,9-10,12H2,1H3,(H,20,25)/t18-/m1/s1. The number of likely N-dealkylation sites (tertiary alicyclic amines) is 1. The van der Waals surface area contributed by atoms with E-state index in [1.54, 1.807) is 24.0 Å². The monoisotopic (exact) mass is 407 g/mol. The number of hydrogen-bond donors (Lipinski definition) is 1. The molecule has 2 aliphatic heterocycles. The molecule has 2 heterocycles. The summed E-state index contributed by atoms with van der Waals surface area (Å²) in [5, 5.41) is 2.74.